The Morgan fingerprint density at radius 2 is 2.24 bits per heavy atom. The van der Waals surface area contributed by atoms with Gasteiger partial charge >= 0.3 is 0 Å². The Morgan fingerprint density at radius 3 is 3.00 bits per heavy atom. The lowest BCUT2D eigenvalue weighted by atomic mass is 9.90. The van der Waals surface area contributed by atoms with Crippen LogP contribution >= 0.6 is 0 Å². The van der Waals surface area contributed by atoms with Gasteiger partial charge in [-0.25, -0.2) is 0 Å². The maximum atomic E-state index is 12.4. The summed E-state index contributed by atoms with van der Waals surface area (Å²) in [6.07, 6.45) is 5.72. The Balaban J connectivity index is 1.55. The van der Waals surface area contributed by atoms with Crippen molar-refractivity contribution in [2.45, 2.75) is 12.5 Å². The largest absolute Gasteiger partial charge is 0.359 e. The van der Waals surface area contributed by atoms with Gasteiger partial charge in [0.1, 0.15) is 0 Å². The van der Waals surface area contributed by atoms with Crippen LogP contribution in [0.5, 0.6) is 0 Å². The normalized spacial score (nSPS) is 21.0. The lowest BCUT2D eigenvalue weighted by molar-refractivity contribution is -0.124. The van der Waals surface area contributed by atoms with Crippen LogP contribution in [0.4, 0.5) is 0 Å². The highest BCUT2D eigenvalue weighted by Gasteiger charge is 2.38. The summed E-state index contributed by atoms with van der Waals surface area (Å²) in [4.78, 5) is 14.7. The van der Waals surface area contributed by atoms with E-state index in [0.717, 1.165) is 36.1 Å². The molecule has 7 heteroatoms. The van der Waals surface area contributed by atoms with Gasteiger partial charge in [0.15, 0.2) is 0 Å². The number of carbonyl (C=O) groups excluding carboxylic acids is 1. The maximum absolute atomic E-state index is 12.4. The summed E-state index contributed by atoms with van der Waals surface area (Å²) in [6, 6.07) is 6.35. The summed E-state index contributed by atoms with van der Waals surface area (Å²) < 4.78 is 1.80. The van der Waals surface area contributed by atoms with Crippen LogP contribution < -0.4 is 5.32 Å². The molecule has 4 rings (SSSR count). The Kier molecular flexibility index (Phi) is 4.01. The Bertz CT molecular complexity index is 898. The van der Waals surface area contributed by atoms with Crippen molar-refractivity contribution in [3.63, 3.8) is 0 Å². The van der Waals surface area contributed by atoms with Crippen molar-refractivity contribution in [1.29, 1.82) is 0 Å². The topological polar surface area (TPSA) is 78.8 Å². The molecule has 1 aliphatic heterocycles. The van der Waals surface area contributed by atoms with E-state index in [1.165, 1.54) is 5.56 Å². The van der Waals surface area contributed by atoms with E-state index in [-0.39, 0.29) is 17.7 Å². The zero-order chi connectivity index (χ0) is 17.4. The van der Waals surface area contributed by atoms with Gasteiger partial charge < -0.3 is 5.32 Å². The van der Waals surface area contributed by atoms with Gasteiger partial charge in [0, 0.05) is 51.2 Å². The maximum Gasteiger partial charge on any atom is 0.224 e. The molecule has 2 atom stereocenters. The van der Waals surface area contributed by atoms with Crippen molar-refractivity contribution in [2.75, 3.05) is 20.1 Å². The Labute approximate surface area is 146 Å². The third-order valence-corrected chi connectivity index (χ3v) is 5.04. The van der Waals surface area contributed by atoms with Crippen LogP contribution in [0.3, 0.4) is 0 Å². The number of benzene rings is 1. The van der Waals surface area contributed by atoms with E-state index in [0.29, 0.717) is 0 Å². The van der Waals surface area contributed by atoms with Gasteiger partial charge in [0.05, 0.1) is 23.8 Å². The lowest BCUT2D eigenvalue weighted by Gasteiger charge is -2.15. The average molecular weight is 338 g/mol. The van der Waals surface area contributed by atoms with E-state index in [9.17, 15) is 4.79 Å². The zero-order valence-electron chi connectivity index (χ0n) is 14.4. The number of aromatic amines is 1. The molecule has 0 unspecified atom stereocenters. The minimum atomic E-state index is -0.0508. The molecule has 0 bridgehead atoms. The zero-order valence-corrected chi connectivity index (χ0v) is 14.4. The quantitative estimate of drug-likeness (QED) is 0.751. The van der Waals surface area contributed by atoms with E-state index < -0.39 is 0 Å². The fraction of sp³-hybridized carbons (Fsp3) is 0.389. The number of aromatic nitrogens is 4. The summed E-state index contributed by atoms with van der Waals surface area (Å²) in [5.74, 6) is 0.218. The third kappa shape index (κ3) is 3.02. The van der Waals surface area contributed by atoms with Gasteiger partial charge in [-0.2, -0.15) is 10.2 Å². The molecule has 1 aromatic carbocycles. The molecule has 0 saturated carbocycles. The summed E-state index contributed by atoms with van der Waals surface area (Å²) in [5.41, 5.74) is 3.39. The van der Waals surface area contributed by atoms with Gasteiger partial charge in [0.2, 0.25) is 5.91 Å². The van der Waals surface area contributed by atoms with Gasteiger partial charge in [-0.1, -0.05) is 12.1 Å². The predicted molar refractivity (Wildman–Crippen MR) is 94.9 cm³/mol. The molecule has 1 amide bonds. The van der Waals surface area contributed by atoms with Crippen LogP contribution in [0.1, 0.15) is 17.0 Å². The van der Waals surface area contributed by atoms with Crippen LogP contribution in [-0.2, 0) is 18.4 Å². The second kappa shape index (κ2) is 6.33. The number of likely N-dealkylation sites (tertiary alicyclic amines) is 1. The van der Waals surface area contributed by atoms with Crippen molar-refractivity contribution < 1.29 is 4.79 Å². The van der Waals surface area contributed by atoms with E-state index in [2.05, 4.69) is 43.7 Å². The molecule has 3 aromatic rings. The van der Waals surface area contributed by atoms with Crippen LogP contribution in [0.25, 0.3) is 10.9 Å². The molecule has 2 aromatic heterocycles. The number of carbonyl (C=O) groups is 1. The molecule has 7 nitrogen and oxygen atoms in total. The van der Waals surface area contributed by atoms with E-state index in [1.54, 1.807) is 11.7 Å². The SMILES string of the molecule is CNC(=O)[C@H]1CN(Cc2ccc3cn[nH]c3c2)C[C@@H]1c1cnn(C)c1. The minimum Gasteiger partial charge on any atom is -0.359 e. The first-order chi connectivity index (χ1) is 12.1. The highest BCUT2D eigenvalue weighted by molar-refractivity contribution is 5.80. The molecule has 25 heavy (non-hydrogen) atoms. The summed E-state index contributed by atoms with van der Waals surface area (Å²) in [5, 5.41) is 15.3. The molecule has 130 valence electrons. The number of hydrogen-bond donors (Lipinski definition) is 2. The fourth-order valence-corrected chi connectivity index (χ4v) is 3.78. The van der Waals surface area contributed by atoms with Crippen molar-refractivity contribution >= 4 is 16.8 Å². The Morgan fingerprint density at radius 1 is 1.36 bits per heavy atom. The number of aryl methyl sites for hydroxylation is 1. The van der Waals surface area contributed by atoms with Gasteiger partial charge in [0.25, 0.3) is 0 Å². The monoisotopic (exact) mass is 338 g/mol. The predicted octanol–water partition coefficient (Wildman–Crippen LogP) is 1.26. The van der Waals surface area contributed by atoms with Gasteiger partial charge in [-0.3, -0.25) is 19.5 Å². The third-order valence-electron chi connectivity index (χ3n) is 5.04. The second-order valence-electron chi connectivity index (χ2n) is 6.76. The van der Waals surface area contributed by atoms with Crippen molar-refractivity contribution in [3.05, 3.63) is 47.9 Å². The van der Waals surface area contributed by atoms with Crippen molar-refractivity contribution in [1.82, 2.24) is 30.2 Å². The average Bonchev–Trinajstić information content (AvgIpc) is 3.33. The fourth-order valence-electron chi connectivity index (χ4n) is 3.78. The number of rotatable bonds is 4. The molecular formula is C18H22N6O. The van der Waals surface area contributed by atoms with Gasteiger partial charge in [-0.05, 0) is 17.2 Å². The number of hydrogen-bond acceptors (Lipinski definition) is 4. The van der Waals surface area contributed by atoms with Crippen LogP contribution in [-0.4, -0.2) is 50.9 Å². The first-order valence-corrected chi connectivity index (χ1v) is 8.48. The molecule has 0 aliphatic carbocycles. The molecule has 1 aliphatic rings. The van der Waals surface area contributed by atoms with Crippen LogP contribution in [0.15, 0.2) is 36.8 Å². The Hall–Kier alpha value is -2.67. The van der Waals surface area contributed by atoms with E-state index >= 15 is 0 Å². The van der Waals surface area contributed by atoms with Crippen LogP contribution in [0, 0.1) is 5.92 Å². The lowest BCUT2D eigenvalue weighted by Crippen LogP contribution is -2.32. The first-order valence-electron chi connectivity index (χ1n) is 8.48. The highest BCUT2D eigenvalue weighted by atomic mass is 16.1. The number of H-pyrrole nitrogens is 1. The summed E-state index contributed by atoms with van der Waals surface area (Å²) in [6.45, 7) is 2.42. The standard InChI is InChI=1S/C18H22N6O/c1-19-18(25)16-11-24(10-15(16)14-7-21-23(2)9-14)8-12-3-4-13-6-20-22-17(13)5-12/h3-7,9,15-16H,8,10-11H2,1-2H3,(H,19,25)(H,20,22)/t15-,16+/m1/s1. The van der Waals surface area contributed by atoms with E-state index in [1.807, 2.05) is 25.6 Å². The second-order valence-corrected chi connectivity index (χ2v) is 6.76. The van der Waals surface area contributed by atoms with Crippen molar-refractivity contribution in [2.24, 2.45) is 13.0 Å². The molecule has 3 heterocycles. The molecule has 0 spiro atoms. The smallest absolute Gasteiger partial charge is 0.224 e. The summed E-state index contributed by atoms with van der Waals surface area (Å²) >= 11 is 0. The molecule has 1 fully saturated rings. The minimum absolute atomic E-state index is 0.0508. The number of nitrogens with one attached hydrogen (secondary N) is 2. The summed E-state index contributed by atoms with van der Waals surface area (Å²) in [7, 11) is 3.61. The number of nitrogens with zero attached hydrogens (tertiary/aromatic N) is 4. The molecule has 0 radical (unpaired) electrons. The molecular weight excluding hydrogens is 316 g/mol. The highest BCUT2D eigenvalue weighted by Crippen LogP contribution is 2.33. The number of fused-ring (bicyclic) bond motifs is 1. The number of amides is 1. The molecule has 2 N–H and O–H groups in total. The van der Waals surface area contributed by atoms with Crippen LogP contribution in [0.2, 0.25) is 0 Å². The van der Waals surface area contributed by atoms with E-state index in [4.69, 9.17) is 0 Å². The first kappa shape index (κ1) is 15.8. The van der Waals surface area contributed by atoms with Gasteiger partial charge in [-0.15, -0.1) is 0 Å². The van der Waals surface area contributed by atoms with Crippen molar-refractivity contribution in [3.8, 4) is 0 Å². The molecule has 1 saturated heterocycles.